The Bertz CT molecular complexity index is 1150. The summed E-state index contributed by atoms with van der Waals surface area (Å²) >= 11 is 1.27. The zero-order valence-electron chi connectivity index (χ0n) is 14.6. The zero-order valence-corrected chi connectivity index (χ0v) is 15.4. The first-order valence-electron chi connectivity index (χ1n) is 8.34. The Hall–Kier alpha value is -2.87. The van der Waals surface area contributed by atoms with Crippen molar-refractivity contribution in [2.45, 2.75) is 19.7 Å². The predicted octanol–water partition coefficient (Wildman–Crippen LogP) is 6.34. The molecule has 0 radical (unpaired) electrons. The van der Waals surface area contributed by atoms with Crippen LogP contribution < -0.4 is 4.74 Å². The second-order valence-corrected chi connectivity index (χ2v) is 7.32. The first-order chi connectivity index (χ1) is 13.3. The van der Waals surface area contributed by atoms with Gasteiger partial charge in [0.2, 0.25) is 0 Å². The molecule has 0 saturated carbocycles. The fourth-order valence-electron chi connectivity index (χ4n) is 2.83. The highest BCUT2D eigenvalue weighted by Gasteiger charge is 2.34. The summed E-state index contributed by atoms with van der Waals surface area (Å²) in [6.45, 7) is 2.05. The standard InChI is InChI=1S/C20H14F4N2OS/c1-11-18(10-27-14-4-2-12-6-7-25-17(12)9-14)28-19(26-11)13-3-5-15(16(21)8-13)20(22,23)24/h2-9,25H,10H2,1H3. The first kappa shape index (κ1) is 18.5. The van der Waals surface area contributed by atoms with Gasteiger partial charge in [0.1, 0.15) is 23.2 Å². The Balaban J connectivity index is 1.54. The van der Waals surface area contributed by atoms with Crippen LogP contribution in [0, 0.1) is 12.7 Å². The lowest BCUT2D eigenvalue weighted by molar-refractivity contribution is -0.139. The van der Waals surface area contributed by atoms with Crippen molar-refractivity contribution in [2.24, 2.45) is 0 Å². The fourth-order valence-corrected chi connectivity index (χ4v) is 3.80. The Morgan fingerprint density at radius 1 is 1.11 bits per heavy atom. The summed E-state index contributed by atoms with van der Waals surface area (Å²) in [7, 11) is 0. The zero-order chi connectivity index (χ0) is 19.9. The molecule has 2 aromatic carbocycles. The molecular formula is C20H14F4N2OS. The van der Waals surface area contributed by atoms with Gasteiger partial charge in [-0.15, -0.1) is 11.3 Å². The molecule has 1 N–H and O–H groups in total. The van der Waals surface area contributed by atoms with Gasteiger partial charge in [-0.2, -0.15) is 13.2 Å². The number of thiazole rings is 1. The number of hydrogen-bond acceptors (Lipinski definition) is 3. The van der Waals surface area contributed by atoms with E-state index in [0.717, 1.165) is 27.9 Å². The highest BCUT2D eigenvalue weighted by Crippen LogP contribution is 2.35. The van der Waals surface area contributed by atoms with Crippen LogP contribution in [0.4, 0.5) is 17.6 Å². The van der Waals surface area contributed by atoms with Crippen LogP contribution >= 0.6 is 11.3 Å². The number of nitrogens with one attached hydrogen (secondary N) is 1. The van der Waals surface area contributed by atoms with Crippen molar-refractivity contribution in [3.63, 3.8) is 0 Å². The topological polar surface area (TPSA) is 37.9 Å². The van der Waals surface area contributed by atoms with E-state index in [9.17, 15) is 17.6 Å². The van der Waals surface area contributed by atoms with Crippen molar-refractivity contribution in [3.8, 4) is 16.3 Å². The van der Waals surface area contributed by atoms with Gasteiger partial charge in [0.05, 0.1) is 16.1 Å². The normalized spacial score (nSPS) is 11.9. The maximum atomic E-state index is 13.8. The van der Waals surface area contributed by atoms with Crippen molar-refractivity contribution in [2.75, 3.05) is 0 Å². The maximum Gasteiger partial charge on any atom is 0.419 e. The minimum atomic E-state index is -4.72. The van der Waals surface area contributed by atoms with E-state index >= 15 is 0 Å². The Morgan fingerprint density at radius 2 is 1.93 bits per heavy atom. The van der Waals surface area contributed by atoms with Crippen molar-refractivity contribution in [1.82, 2.24) is 9.97 Å². The Morgan fingerprint density at radius 3 is 2.68 bits per heavy atom. The minimum absolute atomic E-state index is 0.263. The van der Waals surface area contributed by atoms with Gasteiger partial charge in [-0.3, -0.25) is 0 Å². The molecular weight excluding hydrogens is 392 g/mol. The number of aromatic amines is 1. The van der Waals surface area contributed by atoms with E-state index in [-0.39, 0.29) is 6.61 Å². The monoisotopic (exact) mass is 406 g/mol. The molecule has 8 heteroatoms. The Labute approximate surface area is 161 Å². The SMILES string of the molecule is Cc1nc(-c2ccc(C(F)(F)F)c(F)c2)sc1COc1ccc2cc[nH]c2c1. The molecule has 0 aliphatic heterocycles. The largest absolute Gasteiger partial charge is 0.488 e. The fraction of sp³-hybridized carbons (Fsp3) is 0.150. The number of aromatic nitrogens is 2. The molecule has 0 spiro atoms. The number of alkyl halides is 3. The third-order valence-corrected chi connectivity index (χ3v) is 5.49. The number of rotatable bonds is 4. The Kier molecular flexibility index (Phi) is 4.58. The van der Waals surface area contributed by atoms with Gasteiger partial charge in [-0.25, -0.2) is 9.37 Å². The van der Waals surface area contributed by atoms with Crippen LogP contribution in [0.25, 0.3) is 21.5 Å². The molecule has 0 bridgehead atoms. The summed E-state index contributed by atoms with van der Waals surface area (Å²) in [5.41, 5.74) is 0.672. The van der Waals surface area contributed by atoms with Gasteiger partial charge in [0, 0.05) is 23.3 Å². The number of ether oxygens (including phenoxy) is 1. The number of fused-ring (bicyclic) bond motifs is 1. The van der Waals surface area contributed by atoms with Crippen LogP contribution in [0.1, 0.15) is 16.1 Å². The van der Waals surface area contributed by atoms with E-state index in [2.05, 4.69) is 9.97 Å². The molecule has 0 saturated heterocycles. The molecule has 3 nitrogen and oxygen atoms in total. The first-order valence-corrected chi connectivity index (χ1v) is 9.16. The number of H-pyrrole nitrogens is 1. The highest BCUT2D eigenvalue weighted by molar-refractivity contribution is 7.15. The lowest BCUT2D eigenvalue weighted by atomic mass is 10.1. The number of nitrogens with zero attached hydrogens (tertiary/aromatic N) is 1. The average molecular weight is 406 g/mol. The molecule has 0 amide bonds. The molecule has 28 heavy (non-hydrogen) atoms. The molecule has 0 aliphatic rings. The lowest BCUT2D eigenvalue weighted by Crippen LogP contribution is -2.07. The summed E-state index contributed by atoms with van der Waals surface area (Å²) in [6.07, 6.45) is -2.88. The third-order valence-electron chi connectivity index (χ3n) is 4.31. The summed E-state index contributed by atoms with van der Waals surface area (Å²) in [6, 6.07) is 10.5. The summed E-state index contributed by atoms with van der Waals surface area (Å²) in [4.78, 5) is 8.28. The van der Waals surface area contributed by atoms with Gasteiger partial charge in [0.25, 0.3) is 0 Å². The van der Waals surface area contributed by atoms with Gasteiger partial charge >= 0.3 is 6.18 Å². The van der Waals surface area contributed by atoms with Crippen molar-refractivity contribution in [3.05, 3.63) is 70.6 Å². The number of aryl methyl sites for hydroxylation is 1. The molecule has 0 unspecified atom stereocenters. The second-order valence-electron chi connectivity index (χ2n) is 6.24. The minimum Gasteiger partial charge on any atom is -0.488 e. The molecule has 4 rings (SSSR count). The smallest absolute Gasteiger partial charge is 0.419 e. The van der Waals surface area contributed by atoms with Crippen LogP contribution in [0.15, 0.2) is 48.7 Å². The molecule has 2 heterocycles. The number of hydrogen-bond donors (Lipinski definition) is 1. The lowest BCUT2D eigenvalue weighted by Gasteiger charge is -2.08. The van der Waals surface area contributed by atoms with Crippen molar-refractivity contribution >= 4 is 22.2 Å². The van der Waals surface area contributed by atoms with Crippen molar-refractivity contribution < 1.29 is 22.3 Å². The van der Waals surface area contributed by atoms with Crippen LogP contribution in [-0.4, -0.2) is 9.97 Å². The van der Waals surface area contributed by atoms with E-state index in [0.29, 0.717) is 22.0 Å². The molecule has 0 aliphatic carbocycles. The quantitative estimate of drug-likeness (QED) is 0.402. The van der Waals surface area contributed by atoms with E-state index in [1.807, 2.05) is 30.5 Å². The van der Waals surface area contributed by atoms with Gasteiger partial charge < -0.3 is 9.72 Å². The predicted molar refractivity (Wildman–Crippen MR) is 99.9 cm³/mol. The molecule has 2 aromatic heterocycles. The van der Waals surface area contributed by atoms with Crippen molar-refractivity contribution in [1.29, 1.82) is 0 Å². The number of halogens is 4. The van der Waals surface area contributed by atoms with Crippen LogP contribution in [-0.2, 0) is 12.8 Å². The highest BCUT2D eigenvalue weighted by atomic mass is 32.1. The second kappa shape index (κ2) is 6.94. The third kappa shape index (κ3) is 3.60. The van der Waals surface area contributed by atoms with Crippen LogP contribution in [0.5, 0.6) is 5.75 Å². The number of benzene rings is 2. The summed E-state index contributed by atoms with van der Waals surface area (Å²) < 4.78 is 57.8. The van der Waals surface area contributed by atoms with Gasteiger partial charge in [-0.05, 0) is 42.6 Å². The van der Waals surface area contributed by atoms with Crippen LogP contribution in [0.3, 0.4) is 0 Å². The van der Waals surface area contributed by atoms with E-state index in [1.165, 1.54) is 17.4 Å². The van der Waals surface area contributed by atoms with E-state index in [4.69, 9.17) is 4.74 Å². The van der Waals surface area contributed by atoms with Gasteiger partial charge in [-0.1, -0.05) is 6.07 Å². The van der Waals surface area contributed by atoms with E-state index < -0.39 is 17.6 Å². The summed E-state index contributed by atoms with van der Waals surface area (Å²) in [5, 5.41) is 1.52. The average Bonchev–Trinajstić information content (AvgIpc) is 3.24. The maximum absolute atomic E-state index is 13.8. The molecule has 0 fully saturated rings. The van der Waals surface area contributed by atoms with Gasteiger partial charge in [0.15, 0.2) is 0 Å². The molecule has 0 atom stereocenters. The molecule has 4 aromatic rings. The van der Waals surface area contributed by atoms with Crippen LogP contribution in [0.2, 0.25) is 0 Å². The van der Waals surface area contributed by atoms with E-state index in [1.54, 1.807) is 6.92 Å². The molecule has 144 valence electrons. The summed E-state index contributed by atoms with van der Waals surface area (Å²) in [5.74, 6) is -0.625.